The van der Waals surface area contributed by atoms with Gasteiger partial charge in [-0.3, -0.25) is 0 Å². The molecule has 0 bridgehead atoms. The van der Waals surface area contributed by atoms with Crippen LogP contribution < -0.4 is 5.32 Å². The van der Waals surface area contributed by atoms with E-state index in [1.165, 1.54) is 12.1 Å². The van der Waals surface area contributed by atoms with Crippen LogP contribution in [0.25, 0.3) is 11.4 Å². The minimum Gasteiger partial charge on any atom is -0.370 e. The molecular weight excluding hydrogens is 333 g/mol. The second-order valence-corrected chi connectivity index (χ2v) is 6.06. The van der Waals surface area contributed by atoms with Crippen molar-refractivity contribution in [3.63, 3.8) is 0 Å². The van der Waals surface area contributed by atoms with Gasteiger partial charge in [0.15, 0.2) is 5.82 Å². The third-order valence-electron chi connectivity index (χ3n) is 3.23. The van der Waals surface area contributed by atoms with Crippen LogP contribution in [0.3, 0.4) is 0 Å². The third kappa shape index (κ3) is 3.40. The molecule has 0 radical (unpaired) electrons. The number of halogens is 2. The highest BCUT2D eigenvalue weighted by Crippen LogP contribution is 2.31. The molecule has 21 heavy (non-hydrogen) atoms. The lowest BCUT2D eigenvalue weighted by Gasteiger charge is -2.17. The maximum absolute atomic E-state index is 13.2. The van der Waals surface area contributed by atoms with Crippen LogP contribution in [-0.4, -0.2) is 16.5 Å². The summed E-state index contributed by atoms with van der Waals surface area (Å²) in [7, 11) is 0. The van der Waals surface area contributed by atoms with E-state index in [1.54, 1.807) is 6.07 Å². The number of benzene rings is 1. The van der Waals surface area contributed by atoms with Crippen LogP contribution in [0.4, 0.5) is 10.2 Å². The number of hydrogen-bond donors (Lipinski definition) is 1. The largest absolute Gasteiger partial charge is 0.370 e. The highest BCUT2D eigenvalue weighted by Gasteiger charge is 2.16. The Hall–Kier alpha value is -1.49. The van der Waals surface area contributed by atoms with Crippen LogP contribution in [0, 0.1) is 12.7 Å². The van der Waals surface area contributed by atoms with Gasteiger partial charge in [-0.05, 0) is 53.9 Å². The van der Waals surface area contributed by atoms with Gasteiger partial charge in [-0.2, -0.15) is 0 Å². The molecule has 0 unspecified atom stereocenters. The van der Waals surface area contributed by atoms with Gasteiger partial charge in [-0.25, -0.2) is 14.4 Å². The van der Waals surface area contributed by atoms with Gasteiger partial charge in [0.25, 0.3) is 0 Å². The van der Waals surface area contributed by atoms with Crippen LogP contribution in [-0.2, 0) is 0 Å². The molecular formula is C16H19BrFN3. The van der Waals surface area contributed by atoms with Crippen molar-refractivity contribution < 1.29 is 4.39 Å². The molecule has 0 saturated carbocycles. The van der Waals surface area contributed by atoms with Gasteiger partial charge in [0.1, 0.15) is 11.6 Å². The average molecular weight is 352 g/mol. The molecule has 5 heteroatoms. The molecule has 3 nitrogen and oxygen atoms in total. The third-order valence-corrected chi connectivity index (χ3v) is 3.89. The lowest BCUT2D eigenvalue weighted by atomic mass is 10.0. The van der Waals surface area contributed by atoms with Gasteiger partial charge in [0.2, 0.25) is 0 Å². The summed E-state index contributed by atoms with van der Waals surface area (Å²) < 4.78 is 13.9. The Morgan fingerprint density at radius 2 is 2.00 bits per heavy atom. The van der Waals surface area contributed by atoms with Gasteiger partial charge in [-0.1, -0.05) is 13.8 Å². The van der Waals surface area contributed by atoms with Gasteiger partial charge in [-0.15, -0.1) is 0 Å². The number of nitrogens with zero attached hydrogens (tertiary/aromatic N) is 2. The summed E-state index contributed by atoms with van der Waals surface area (Å²) in [5.41, 5.74) is 2.86. The first-order valence-electron chi connectivity index (χ1n) is 7.01. The number of rotatable bonds is 4. The van der Waals surface area contributed by atoms with Crippen molar-refractivity contribution in [1.82, 2.24) is 9.97 Å². The molecule has 2 rings (SSSR count). The molecule has 1 aromatic heterocycles. The van der Waals surface area contributed by atoms with Gasteiger partial charge in [0, 0.05) is 27.8 Å². The number of aryl methyl sites for hydroxylation is 1. The van der Waals surface area contributed by atoms with E-state index in [1.807, 2.05) is 13.8 Å². The van der Waals surface area contributed by atoms with Crippen LogP contribution in [0.15, 0.2) is 22.7 Å². The summed E-state index contributed by atoms with van der Waals surface area (Å²) in [5.74, 6) is 1.50. The molecule has 0 spiro atoms. The predicted molar refractivity (Wildman–Crippen MR) is 88.1 cm³/mol. The van der Waals surface area contributed by atoms with Crippen molar-refractivity contribution in [3.8, 4) is 11.4 Å². The second-order valence-electron chi connectivity index (χ2n) is 5.20. The van der Waals surface area contributed by atoms with Crippen LogP contribution in [0.2, 0.25) is 0 Å². The summed E-state index contributed by atoms with van der Waals surface area (Å²) in [6.45, 7) is 9.06. The Morgan fingerprint density at radius 3 is 2.57 bits per heavy atom. The zero-order valence-corrected chi connectivity index (χ0v) is 14.3. The van der Waals surface area contributed by atoms with E-state index in [2.05, 4.69) is 45.1 Å². The van der Waals surface area contributed by atoms with Crippen molar-refractivity contribution in [2.45, 2.75) is 33.6 Å². The summed E-state index contributed by atoms with van der Waals surface area (Å²) in [4.78, 5) is 9.23. The van der Waals surface area contributed by atoms with Crippen molar-refractivity contribution in [2.75, 3.05) is 11.9 Å². The fourth-order valence-corrected chi connectivity index (χ4v) is 2.89. The Bertz CT molecular complexity index is 656. The fraction of sp³-hybridized carbons (Fsp3) is 0.375. The summed E-state index contributed by atoms with van der Waals surface area (Å²) in [6, 6.07) is 4.54. The van der Waals surface area contributed by atoms with Crippen molar-refractivity contribution >= 4 is 21.7 Å². The maximum Gasteiger partial charge on any atom is 0.162 e. The predicted octanol–water partition coefficient (Wildman–Crippen LogP) is 4.91. The van der Waals surface area contributed by atoms with E-state index >= 15 is 0 Å². The Kier molecular flexibility index (Phi) is 4.93. The molecule has 0 atom stereocenters. The Labute approximate surface area is 133 Å². The Balaban J connectivity index is 2.60. The standard InChI is InChI=1S/C16H19BrFN3/c1-5-19-16-14(9(2)3)10(4)20-15(21-16)12-7-6-11(18)8-13(12)17/h6-9H,5H2,1-4H3,(H,19,20,21). The van der Waals surface area contributed by atoms with Gasteiger partial charge in [0.05, 0.1) is 0 Å². The smallest absolute Gasteiger partial charge is 0.162 e. The summed E-state index contributed by atoms with van der Waals surface area (Å²) >= 11 is 3.38. The van der Waals surface area contributed by atoms with Gasteiger partial charge < -0.3 is 5.32 Å². The summed E-state index contributed by atoms with van der Waals surface area (Å²) in [6.07, 6.45) is 0. The zero-order valence-electron chi connectivity index (χ0n) is 12.7. The van der Waals surface area contributed by atoms with E-state index in [4.69, 9.17) is 0 Å². The molecule has 1 aromatic carbocycles. The number of aromatic nitrogens is 2. The molecule has 1 heterocycles. The van der Waals surface area contributed by atoms with E-state index < -0.39 is 0 Å². The second kappa shape index (κ2) is 6.52. The van der Waals surface area contributed by atoms with Crippen LogP contribution >= 0.6 is 15.9 Å². The normalized spacial score (nSPS) is 11.0. The molecule has 112 valence electrons. The van der Waals surface area contributed by atoms with Crippen molar-refractivity contribution in [2.24, 2.45) is 0 Å². The monoisotopic (exact) mass is 351 g/mol. The molecule has 1 N–H and O–H groups in total. The molecule has 0 fully saturated rings. The zero-order chi connectivity index (χ0) is 15.6. The van der Waals surface area contributed by atoms with Crippen LogP contribution in [0.1, 0.15) is 37.9 Å². The number of nitrogens with one attached hydrogen (secondary N) is 1. The van der Waals surface area contributed by atoms with E-state index in [9.17, 15) is 4.39 Å². The minimum absolute atomic E-state index is 0.284. The number of anilines is 1. The van der Waals surface area contributed by atoms with Crippen LogP contribution in [0.5, 0.6) is 0 Å². The maximum atomic E-state index is 13.2. The Morgan fingerprint density at radius 1 is 1.29 bits per heavy atom. The number of hydrogen-bond acceptors (Lipinski definition) is 3. The highest BCUT2D eigenvalue weighted by molar-refractivity contribution is 9.10. The SMILES string of the molecule is CCNc1nc(-c2ccc(F)cc2Br)nc(C)c1C(C)C. The first-order chi connectivity index (χ1) is 9.93. The average Bonchev–Trinajstić information content (AvgIpc) is 2.37. The molecule has 0 amide bonds. The minimum atomic E-state index is -0.284. The molecule has 2 aromatic rings. The van der Waals surface area contributed by atoms with Crippen molar-refractivity contribution in [3.05, 3.63) is 39.7 Å². The van der Waals surface area contributed by atoms with E-state index in [-0.39, 0.29) is 5.82 Å². The molecule has 0 aliphatic heterocycles. The lowest BCUT2D eigenvalue weighted by Crippen LogP contribution is -2.09. The van der Waals surface area contributed by atoms with Crippen molar-refractivity contribution in [1.29, 1.82) is 0 Å². The van der Waals surface area contributed by atoms with E-state index in [0.29, 0.717) is 16.2 Å². The first-order valence-corrected chi connectivity index (χ1v) is 7.81. The topological polar surface area (TPSA) is 37.8 Å². The quantitative estimate of drug-likeness (QED) is 0.850. The van der Waals surface area contributed by atoms with E-state index in [0.717, 1.165) is 29.2 Å². The molecule has 0 saturated heterocycles. The molecule has 0 aliphatic rings. The first kappa shape index (κ1) is 15.9. The molecule has 0 aliphatic carbocycles. The van der Waals surface area contributed by atoms with Gasteiger partial charge >= 0.3 is 0 Å². The summed E-state index contributed by atoms with van der Waals surface area (Å²) in [5, 5.41) is 3.30. The highest BCUT2D eigenvalue weighted by atomic mass is 79.9. The fourth-order valence-electron chi connectivity index (χ4n) is 2.37. The lowest BCUT2D eigenvalue weighted by molar-refractivity contribution is 0.627.